The number of urea groups is 1. The van der Waals surface area contributed by atoms with Crippen molar-refractivity contribution in [1.29, 1.82) is 0 Å². The zero-order valence-electron chi connectivity index (χ0n) is 18.4. The fourth-order valence-electron chi connectivity index (χ4n) is 3.34. The van der Waals surface area contributed by atoms with Gasteiger partial charge < -0.3 is 9.47 Å². The van der Waals surface area contributed by atoms with Crippen LogP contribution in [-0.2, 0) is 9.59 Å². The Morgan fingerprint density at radius 3 is 2.41 bits per heavy atom. The summed E-state index contributed by atoms with van der Waals surface area (Å²) in [6.45, 7) is 1.91. The van der Waals surface area contributed by atoms with E-state index in [1.54, 1.807) is 66.7 Å². The molecule has 1 heterocycles. The van der Waals surface area contributed by atoms with Crippen LogP contribution in [-0.4, -0.2) is 30.9 Å². The Hall–Kier alpha value is -4.72. The van der Waals surface area contributed by atoms with Crippen LogP contribution in [0.3, 0.4) is 0 Å². The lowest BCUT2D eigenvalue weighted by molar-refractivity contribution is -0.122. The van der Waals surface area contributed by atoms with Crippen molar-refractivity contribution < 1.29 is 28.7 Å². The summed E-state index contributed by atoms with van der Waals surface area (Å²) in [4.78, 5) is 51.6. The highest BCUT2D eigenvalue weighted by Gasteiger charge is 2.37. The lowest BCUT2D eigenvalue weighted by Gasteiger charge is -2.26. The number of rotatable bonds is 5. The van der Waals surface area contributed by atoms with E-state index in [0.29, 0.717) is 16.9 Å². The summed E-state index contributed by atoms with van der Waals surface area (Å²) in [5.74, 6) is -1.66. The fraction of sp³-hybridized carbons (Fsp3) is 0.0769. The minimum absolute atomic E-state index is 0.158. The number of barbiturate groups is 1. The third-order valence-corrected chi connectivity index (χ3v) is 5.12. The first-order chi connectivity index (χ1) is 16.4. The Kier molecular flexibility index (Phi) is 6.22. The molecule has 4 rings (SSSR count). The summed E-state index contributed by atoms with van der Waals surface area (Å²) in [6, 6.07) is 18.8. The molecule has 8 nitrogen and oxygen atoms in total. The minimum atomic E-state index is -0.875. The van der Waals surface area contributed by atoms with Crippen molar-refractivity contribution in [2.45, 2.75) is 6.92 Å². The molecule has 1 N–H and O–H groups in total. The van der Waals surface area contributed by atoms with Gasteiger partial charge in [-0.2, -0.15) is 0 Å². The predicted octanol–water partition coefficient (Wildman–Crippen LogP) is 3.89. The summed E-state index contributed by atoms with van der Waals surface area (Å²) in [5, 5.41) is 2.17. The van der Waals surface area contributed by atoms with E-state index in [1.807, 2.05) is 6.92 Å². The van der Waals surface area contributed by atoms with Crippen LogP contribution in [0.4, 0.5) is 10.5 Å². The molecule has 0 unspecified atom stereocenters. The number of benzene rings is 3. The summed E-state index contributed by atoms with van der Waals surface area (Å²) < 4.78 is 10.7. The summed E-state index contributed by atoms with van der Waals surface area (Å²) in [7, 11) is 1.46. The number of ether oxygens (including phenoxy) is 2. The molecule has 1 aliphatic rings. The first-order valence-corrected chi connectivity index (χ1v) is 10.3. The molecule has 1 fully saturated rings. The number of esters is 1. The topological polar surface area (TPSA) is 102 Å². The van der Waals surface area contributed by atoms with Crippen LogP contribution >= 0.6 is 0 Å². The largest absolute Gasteiger partial charge is 0.497 e. The van der Waals surface area contributed by atoms with Crippen molar-refractivity contribution in [3.63, 3.8) is 0 Å². The van der Waals surface area contributed by atoms with Gasteiger partial charge in [0.1, 0.15) is 17.1 Å². The van der Waals surface area contributed by atoms with Gasteiger partial charge in [-0.3, -0.25) is 14.9 Å². The van der Waals surface area contributed by atoms with Crippen LogP contribution < -0.4 is 19.7 Å². The average molecular weight is 456 g/mol. The summed E-state index contributed by atoms with van der Waals surface area (Å²) >= 11 is 0. The van der Waals surface area contributed by atoms with Gasteiger partial charge in [0.2, 0.25) is 0 Å². The number of amides is 4. The van der Waals surface area contributed by atoms with Crippen LogP contribution in [0, 0.1) is 6.92 Å². The van der Waals surface area contributed by atoms with Gasteiger partial charge in [-0.25, -0.2) is 14.5 Å². The van der Waals surface area contributed by atoms with E-state index < -0.39 is 23.8 Å². The van der Waals surface area contributed by atoms with Crippen molar-refractivity contribution >= 4 is 35.6 Å². The van der Waals surface area contributed by atoms with E-state index in [9.17, 15) is 19.2 Å². The second-order valence-electron chi connectivity index (χ2n) is 7.45. The molecule has 0 spiro atoms. The van der Waals surface area contributed by atoms with Gasteiger partial charge in [-0.05, 0) is 43.3 Å². The average Bonchev–Trinajstić information content (AvgIpc) is 2.83. The fourth-order valence-corrected chi connectivity index (χ4v) is 3.34. The van der Waals surface area contributed by atoms with Crippen LogP contribution in [0.2, 0.25) is 0 Å². The normalized spacial score (nSPS) is 14.7. The third-order valence-electron chi connectivity index (χ3n) is 5.12. The number of anilines is 1. The molecule has 34 heavy (non-hydrogen) atoms. The van der Waals surface area contributed by atoms with Gasteiger partial charge in [0.15, 0.2) is 0 Å². The molecule has 3 aromatic carbocycles. The standard InChI is InChI=1S/C26H20N2O6/c1-16-10-12-17(13-11-16)25(31)34-22-9-4-3-6-18(22)14-21-23(29)27-26(32)28(24(21)30)19-7-5-8-20(15-19)33-2/h3-15H,1-2H3,(H,27,29,32)/b21-14-. The molecular formula is C26H20N2O6. The quantitative estimate of drug-likeness (QED) is 0.271. The van der Waals surface area contributed by atoms with Gasteiger partial charge in [0.25, 0.3) is 11.8 Å². The lowest BCUT2D eigenvalue weighted by atomic mass is 10.1. The molecule has 0 saturated carbocycles. The van der Waals surface area contributed by atoms with Crippen LogP contribution in [0.5, 0.6) is 11.5 Å². The molecule has 8 heteroatoms. The highest BCUT2D eigenvalue weighted by molar-refractivity contribution is 6.39. The van der Waals surface area contributed by atoms with Crippen LogP contribution in [0.15, 0.2) is 78.4 Å². The maximum atomic E-state index is 13.2. The lowest BCUT2D eigenvalue weighted by Crippen LogP contribution is -2.54. The van der Waals surface area contributed by atoms with Crippen LogP contribution in [0.25, 0.3) is 6.08 Å². The number of hydrogen-bond donors (Lipinski definition) is 1. The number of carbonyl (C=O) groups excluding carboxylic acids is 4. The number of nitrogens with zero attached hydrogens (tertiary/aromatic N) is 1. The second kappa shape index (κ2) is 9.41. The number of nitrogens with one attached hydrogen (secondary N) is 1. The van der Waals surface area contributed by atoms with Crippen molar-refractivity contribution in [2.75, 3.05) is 12.0 Å². The number of carbonyl (C=O) groups is 4. The van der Waals surface area contributed by atoms with E-state index in [2.05, 4.69) is 5.32 Å². The van der Waals surface area contributed by atoms with Gasteiger partial charge in [-0.1, -0.05) is 42.0 Å². The molecule has 0 aliphatic carbocycles. The first kappa shape index (κ1) is 22.5. The Labute approximate surface area is 195 Å². The van der Waals surface area contributed by atoms with E-state index >= 15 is 0 Å². The Morgan fingerprint density at radius 1 is 0.941 bits per heavy atom. The minimum Gasteiger partial charge on any atom is -0.497 e. The Bertz CT molecular complexity index is 1330. The highest BCUT2D eigenvalue weighted by atomic mass is 16.5. The molecule has 0 bridgehead atoms. The third kappa shape index (κ3) is 4.56. The van der Waals surface area contributed by atoms with Crippen molar-refractivity contribution in [3.8, 4) is 11.5 Å². The van der Waals surface area contributed by atoms with Crippen molar-refractivity contribution in [2.24, 2.45) is 0 Å². The molecule has 1 saturated heterocycles. The van der Waals surface area contributed by atoms with Gasteiger partial charge in [0.05, 0.1) is 18.4 Å². The van der Waals surface area contributed by atoms with Gasteiger partial charge in [-0.15, -0.1) is 0 Å². The number of para-hydroxylation sites is 1. The molecule has 0 radical (unpaired) electrons. The maximum Gasteiger partial charge on any atom is 0.343 e. The number of hydrogen-bond acceptors (Lipinski definition) is 6. The second-order valence-corrected chi connectivity index (χ2v) is 7.45. The van der Waals surface area contributed by atoms with E-state index in [-0.39, 0.29) is 17.0 Å². The van der Waals surface area contributed by atoms with Crippen molar-refractivity contribution in [3.05, 3.63) is 95.1 Å². The molecule has 0 atom stereocenters. The van der Waals surface area contributed by atoms with E-state index in [4.69, 9.17) is 9.47 Å². The number of methoxy groups -OCH3 is 1. The van der Waals surface area contributed by atoms with Crippen LogP contribution in [0.1, 0.15) is 21.5 Å². The number of aryl methyl sites for hydroxylation is 1. The van der Waals surface area contributed by atoms with Crippen molar-refractivity contribution in [1.82, 2.24) is 5.32 Å². The smallest absolute Gasteiger partial charge is 0.343 e. The molecule has 3 aromatic rings. The zero-order chi connectivity index (χ0) is 24.2. The SMILES string of the molecule is COc1cccc(N2C(=O)NC(=O)/C(=C/c3ccccc3OC(=O)c3ccc(C)cc3)C2=O)c1. The molecule has 0 aromatic heterocycles. The molecular weight excluding hydrogens is 436 g/mol. The Balaban J connectivity index is 1.67. The van der Waals surface area contributed by atoms with E-state index in [0.717, 1.165) is 10.5 Å². The molecule has 4 amide bonds. The van der Waals surface area contributed by atoms with Gasteiger partial charge >= 0.3 is 12.0 Å². The predicted molar refractivity (Wildman–Crippen MR) is 125 cm³/mol. The first-order valence-electron chi connectivity index (χ1n) is 10.3. The maximum absolute atomic E-state index is 13.2. The number of imide groups is 2. The summed E-state index contributed by atoms with van der Waals surface area (Å²) in [5.41, 5.74) is 1.62. The molecule has 170 valence electrons. The molecule has 1 aliphatic heterocycles. The highest BCUT2D eigenvalue weighted by Crippen LogP contribution is 2.27. The van der Waals surface area contributed by atoms with E-state index in [1.165, 1.54) is 19.3 Å². The Morgan fingerprint density at radius 2 is 1.68 bits per heavy atom. The van der Waals surface area contributed by atoms with Gasteiger partial charge in [0, 0.05) is 11.6 Å². The monoisotopic (exact) mass is 456 g/mol. The zero-order valence-corrected chi connectivity index (χ0v) is 18.4. The summed E-state index contributed by atoms with van der Waals surface area (Å²) in [6.07, 6.45) is 1.29.